The SMILES string of the molecule is Cc1ccc(Cl)cc1N1C(=O)[C@@H]2[C@H]3C=C[C@@H]([C@@H]4C[C@H]34)[C@@H]2C1=O. The molecule has 112 valence electrons. The van der Waals surface area contributed by atoms with Crippen molar-refractivity contribution in [1.29, 1.82) is 0 Å². The lowest BCUT2D eigenvalue weighted by atomic mass is 9.63. The predicted molar refractivity (Wildman–Crippen MR) is 83.4 cm³/mol. The number of hydrogen-bond acceptors (Lipinski definition) is 2. The molecule has 1 aromatic carbocycles. The number of allylic oxidation sites excluding steroid dienone is 2. The first kappa shape index (κ1) is 12.9. The number of aryl methyl sites for hydroxylation is 1. The van der Waals surface area contributed by atoms with Crippen LogP contribution in [-0.4, -0.2) is 11.8 Å². The number of hydrogen-bond donors (Lipinski definition) is 0. The Kier molecular flexibility index (Phi) is 2.35. The molecule has 1 heterocycles. The Bertz CT molecular complexity index is 719. The van der Waals surface area contributed by atoms with Crippen LogP contribution in [0.5, 0.6) is 0 Å². The van der Waals surface area contributed by atoms with Gasteiger partial charge in [0.05, 0.1) is 17.5 Å². The summed E-state index contributed by atoms with van der Waals surface area (Å²) in [6.07, 6.45) is 5.57. The highest BCUT2D eigenvalue weighted by Crippen LogP contribution is 2.65. The molecule has 3 fully saturated rings. The minimum Gasteiger partial charge on any atom is -0.274 e. The van der Waals surface area contributed by atoms with Crippen LogP contribution < -0.4 is 4.90 Å². The number of rotatable bonds is 1. The summed E-state index contributed by atoms with van der Waals surface area (Å²) in [5.74, 6) is 1.45. The molecule has 0 radical (unpaired) electrons. The lowest BCUT2D eigenvalue weighted by Crippen LogP contribution is -2.40. The Morgan fingerprint density at radius 2 is 1.64 bits per heavy atom. The van der Waals surface area contributed by atoms with Gasteiger partial charge < -0.3 is 0 Å². The van der Waals surface area contributed by atoms with Gasteiger partial charge in [0.25, 0.3) is 0 Å². The molecule has 2 amide bonds. The van der Waals surface area contributed by atoms with Crippen LogP contribution in [0.2, 0.25) is 5.02 Å². The fourth-order valence-electron chi connectivity index (χ4n) is 5.02. The molecule has 3 nitrogen and oxygen atoms in total. The third kappa shape index (κ3) is 1.43. The minimum atomic E-state index is -0.148. The first-order chi connectivity index (χ1) is 10.6. The zero-order valence-electron chi connectivity index (χ0n) is 12.2. The molecule has 6 atom stereocenters. The van der Waals surface area contributed by atoms with Gasteiger partial charge in [-0.15, -0.1) is 0 Å². The van der Waals surface area contributed by atoms with Crippen molar-refractivity contribution in [2.75, 3.05) is 4.90 Å². The zero-order chi connectivity index (χ0) is 15.2. The van der Waals surface area contributed by atoms with Gasteiger partial charge >= 0.3 is 0 Å². The van der Waals surface area contributed by atoms with Crippen molar-refractivity contribution < 1.29 is 9.59 Å². The lowest BCUT2D eigenvalue weighted by molar-refractivity contribution is -0.124. The normalized spacial score (nSPS) is 40.9. The van der Waals surface area contributed by atoms with Crippen LogP contribution in [0.25, 0.3) is 0 Å². The summed E-state index contributed by atoms with van der Waals surface area (Å²) in [5.41, 5.74) is 1.57. The van der Waals surface area contributed by atoms with Gasteiger partial charge in [0.15, 0.2) is 0 Å². The van der Waals surface area contributed by atoms with E-state index in [9.17, 15) is 9.59 Å². The summed E-state index contributed by atoms with van der Waals surface area (Å²) < 4.78 is 0. The summed E-state index contributed by atoms with van der Waals surface area (Å²) in [6, 6.07) is 5.39. The van der Waals surface area contributed by atoms with Gasteiger partial charge in [-0.2, -0.15) is 0 Å². The lowest BCUT2D eigenvalue weighted by Gasteiger charge is -2.37. The Morgan fingerprint density at radius 1 is 1.05 bits per heavy atom. The molecule has 5 aliphatic rings. The molecule has 0 spiro atoms. The van der Waals surface area contributed by atoms with Crippen molar-refractivity contribution >= 4 is 29.1 Å². The molecular weight excluding hydrogens is 298 g/mol. The van der Waals surface area contributed by atoms with Gasteiger partial charge in [0.1, 0.15) is 0 Å². The van der Waals surface area contributed by atoms with Gasteiger partial charge in [-0.05, 0) is 54.7 Å². The average Bonchev–Trinajstić information content (AvgIpc) is 3.28. The minimum absolute atomic E-state index is 0.0231. The standard InChI is InChI=1S/C18H16ClNO2/c1-8-2-3-9(19)6-14(8)20-17(21)15-10-4-5-11(13-7-12(10)13)16(15)18(20)22/h2-6,10-13,15-16H,7H2,1H3/t10-,11-,12-,13+,15-,16+/m0/s1. The van der Waals surface area contributed by atoms with Gasteiger partial charge in [-0.1, -0.05) is 29.8 Å². The highest BCUT2D eigenvalue weighted by Gasteiger charge is 2.67. The van der Waals surface area contributed by atoms with E-state index in [1.807, 2.05) is 13.0 Å². The van der Waals surface area contributed by atoms with Crippen LogP contribution >= 0.6 is 11.6 Å². The van der Waals surface area contributed by atoms with Gasteiger partial charge in [-0.3, -0.25) is 9.59 Å². The maximum absolute atomic E-state index is 13.0. The Labute approximate surface area is 133 Å². The average molecular weight is 314 g/mol. The monoisotopic (exact) mass is 313 g/mol. The summed E-state index contributed by atoms with van der Waals surface area (Å²) >= 11 is 6.08. The predicted octanol–water partition coefficient (Wildman–Crippen LogP) is 3.21. The van der Waals surface area contributed by atoms with Gasteiger partial charge in [0, 0.05) is 5.02 Å². The second kappa shape index (κ2) is 4.02. The highest BCUT2D eigenvalue weighted by molar-refractivity contribution is 6.31. The number of carbonyl (C=O) groups excluding carboxylic acids is 2. The summed E-state index contributed by atoms with van der Waals surface area (Å²) in [7, 11) is 0. The van der Waals surface area contributed by atoms with E-state index < -0.39 is 0 Å². The quantitative estimate of drug-likeness (QED) is 0.590. The van der Waals surface area contributed by atoms with Crippen molar-refractivity contribution in [2.24, 2.45) is 35.5 Å². The first-order valence-corrected chi connectivity index (χ1v) is 8.28. The van der Waals surface area contributed by atoms with Crippen LogP contribution in [-0.2, 0) is 9.59 Å². The number of amides is 2. The molecular formula is C18H16ClNO2. The molecule has 4 aliphatic carbocycles. The van der Waals surface area contributed by atoms with Crippen LogP contribution in [0.4, 0.5) is 5.69 Å². The Hall–Kier alpha value is -1.61. The van der Waals surface area contributed by atoms with E-state index in [1.165, 1.54) is 11.3 Å². The third-order valence-corrected chi connectivity index (χ3v) is 6.31. The van der Waals surface area contributed by atoms with Crippen LogP contribution in [0, 0.1) is 42.4 Å². The number of halogens is 1. The maximum Gasteiger partial charge on any atom is 0.238 e. The Balaban J connectivity index is 1.62. The molecule has 0 unspecified atom stereocenters. The Morgan fingerprint density at radius 3 is 2.23 bits per heavy atom. The first-order valence-electron chi connectivity index (χ1n) is 7.90. The molecule has 22 heavy (non-hydrogen) atoms. The van der Waals surface area contributed by atoms with Crippen molar-refractivity contribution in [1.82, 2.24) is 0 Å². The molecule has 0 N–H and O–H groups in total. The van der Waals surface area contributed by atoms with Crippen molar-refractivity contribution in [2.45, 2.75) is 13.3 Å². The molecule has 0 aromatic heterocycles. The smallest absolute Gasteiger partial charge is 0.238 e. The second-order valence-corrected chi connectivity index (χ2v) is 7.53. The fourth-order valence-corrected chi connectivity index (χ4v) is 5.18. The molecule has 4 heteroatoms. The number of anilines is 1. The third-order valence-electron chi connectivity index (χ3n) is 6.07. The summed E-state index contributed by atoms with van der Waals surface area (Å²) in [6.45, 7) is 1.92. The molecule has 2 bridgehead atoms. The van der Waals surface area contributed by atoms with E-state index in [0.29, 0.717) is 22.5 Å². The van der Waals surface area contributed by atoms with Crippen LogP contribution in [0.15, 0.2) is 30.4 Å². The van der Waals surface area contributed by atoms with Crippen molar-refractivity contribution in [3.63, 3.8) is 0 Å². The molecule has 1 aliphatic heterocycles. The number of imide groups is 1. The van der Waals surface area contributed by atoms with Crippen molar-refractivity contribution in [3.05, 3.63) is 40.9 Å². The fraction of sp³-hybridized carbons (Fsp3) is 0.444. The number of benzene rings is 1. The van der Waals surface area contributed by atoms with Crippen LogP contribution in [0.1, 0.15) is 12.0 Å². The summed E-state index contributed by atoms with van der Waals surface area (Å²) in [4.78, 5) is 27.4. The van der Waals surface area contributed by atoms with E-state index in [4.69, 9.17) is 11.6 Å². The van der Waals surface area contributed by atoms with E-state index in [1.54, 1.807) is 12.1 Å². The second-order valence-electron chi connectivity index (χ2n) is 7.10. The molecule has 1 saturated heterocycles. The topological polar surface area (TPSA) is 37.4 Å². The van der Waals surface area contributed by atoms with E-state index in [0.717, 1.165) is 5.56 Å². The number of nitrogens with zero attached hydrogens (tertiary/aromatic N) is 1. The molecule has 2 saturated carbocycles. The number of carbonyl (C=O) groups is 2. The van der Waals surface area contributed by atoms with E-state index in [-0.39, 0.29) is 35.5 Å². The largest absolute Gasteiger partial charge is 0.274 e. The maximum atomic E-state index is 13.0. The van der Waals surface area contributed by atoms with Gasteiger partial charge in [-0.25, -0.2) is 4.90 Å². The molecule has 6 rings (SSSR count). The summed E-state index contributed by atoms with van der Waals surface area (Å²) in [5, 5.41) is 0.556. The van der Waals surface area contributed by atoms with Crippen LogP contribution in [0.3, 0.4) is 0 Å². The van der Waals surface area contributed by atoms with E-state index >= 15 is 0 Å². The molecule has 1 aromatic rings. The van der Waals surface area contributed by atoms with Gasteiger partial charge in [0.2, 0.25) is 11.8 Å². The zero-order valence-corrected chi connectivity index (χ0v) is 13.0. The van der Waals surface area contributed by atoms with Crippen molar-refractivity contribution in [3.8, 4) is 0 Å². The highest BCUT2D eigenvalue weighted by atomic mass is 35.5. The van der Waals surface area contributed by atoms with E-state index in [2.05, 4.69) is 12.2 Å².